The highest BCUT2D eigenvalue weighted by Crippen LogP contribution is 2.24. The number of hydrogen-bond donors (Lipinski definition) is 1. The first-order valence-electron chi connectivity index (χ1n) is 6.88. The highest BCUT2D eigenvalue weighted by molar-refractivity contribution is 7.99. The van der Waals surface area contributed by atoms with E-state index in [0.717, 1.165) is 17.3 Å². The summed E-state index contributed by atoms with van der Waals surface area (Å²) >= 11 is 6.92. The topological polar surface area (TPSA) is 68.0 Å². The van der Waals surface area contributed by atoms with Gasteiger partial charge in [-0.2, -0.15) is 0 Å². The lowest BCUT2D eigenvalue weighted by Crippen LogP contribution is -2.14. The van der Waals surface area contributed by atoms with E-state index in [-0.39, 0.29) is 16.9 Å². The number of rotatable bonds is 5. The van der Waals surface area contributed by atoms with Crippen LogP contribution in [0.1, 0.15) is 0 Å². The van der Waals surface area contributed by atoms with Gasteiger partial charge >= 0.3 is 0 Å². The molecule has 2 aromatic carbocycles. The first-order chi connectivity index (χ1) is 11.6. The number of carbonyl (C=O) groups is 1. The molecule has 8 heteroatoms. The summed E-state index contributed by atoms with van der Waals surface area (Å²) in [6.45, 7) is 0. The van der Waals surface area contributed by atoms with Crippen molar-refractivity contribution in [1.29, 1.82) is 0 Å². The molecule has 5 nitrogen and oxygen atoms in total. The van der Waals surface area contributed by atoms with Gasteiger partial charge in [-0.15, -0.1) is 10.2 Å². The van der Waals surface area contributed by atoms with Crippen molar-refractivity contribution >= 4 is 35.0 Å². The Kier molecular flexibility index (Phi) is 5.12. The lowest BCUT2D eigenvalue weighted by atomic mass is 10.2. The lowest BCUT2D eigenvalue weighted by Gasteiger charge is -2.03. The number of nitrogens with one attached hydrogen (secondary N) is 1. The first kappa shape index (κ1) is 16.5. The Hall–Kier alpha value is -2.38. The van der Waals surface area contributed by atoms with Gasteiger partial charge in [0.15, 0.2) is 0 Å². The minimum atomic E-state index is -0.412. The molecular formula is C16H11ClFN3O2S. The molecule has 0 fully saturated rings. The van der Waals surface area contributed by atoms with E-state index in [1.54, 1.807) is 30.3 Å². The van der Waals surface area contributed by atoms with Crippen LogP contribution in [0.3, 0.4) is 0 Å². The number of nitrogens with zero attached hydrogens (tertiary/aromatic N) is 2. The quantitative estimate of drug-likeness (QED) is 0.686. The van der Waals surface area contributed by atoms with Crippen LogP contribution in [-0.4, -0.2) is 21.9 Å². The summed E-state index contributed by atoms with van der Waals surface area (Å²) in [5.41, 5.74) is 1.14. The molecule has 0 saturated carbocycles. The van der Waals surface area contributed by atoms with Crippen LogP contribution in [0.15, 0.2) is 58.2 Å². The summed E-state index contributed by atoms with van der Waals surface area (Å²) in [5.74, 6) is -0.291. The van der Waals surface area contributed by atoms with Crippen LogP contribution in [0, 0.1) is 5.82 Å². The number of benzene rings is 2. The van der Waals surface area contributed by atoms with Crippen molar-refractivity contribution < 1.29 is 13.6 Å². The summed E-state index contributed by atoms with van der Waals surface area (Å²) in [4.78, 5) is 11.9. The van der Waals surface area contributed by atoms with Gasteiger partial charge < -0.3 is 9.73 Å². The second kappa shape index (κ2) is 7.46. The Labute approximate surface area is 146 Å². The van der Waals surface area contributed by atoms with Crippen LogP contribution in [0.5, 0.6) is 0 Å². The minimum Gasteiger partial charge on any atom is -0.411 e. The fourth-order valence-corrected chi connectivity index (χ4v) is 2.56. The van der Waals surface area contributed by atoms with E-state index < -0.39 is 5.82 Å². The van der Waals surface area contributed by atoms with E-state index in [2.05, 4.69) is 15.5 Å². The summed E-state index contributed by atoms with van der Waals surface area (Å²) in [7, 11) is 0. The summed E-state index contributed by atoms with van der Waals surface area (Å²) in [6, 6.07) is 12.7. The van der Waals surface area contributed by atoms with Gasteiger partial charge in [0.05, 0.1) is 5.75 Å². The van der Waals surface area contributed by atoms with Gasteiger partial charge in [-0.3, -0.25) is 4.79 Å². The molecule has 0 atom stereocenters. The molecule has 0 bridgehead atoms. The Morgan fingerprint density at radius 3 is 2.75 bits per heavy atom. The van der Waals surface area contributed by atoms with E-state index in [0.29, 0.717) is 16.6 Å². The maximum absolute atomic E-state index is 13.1. The van der Waals surface area contributed by atoms with Crippen LogP contribution >= 0.6 is 23.4 Å². The molecule has 1 aromatic heterocycles. The molecular weight excluding hydrogens is 353 g/mol. The summed E-state index contributed by atoms with van der Waals surface area (Å²) < 4.78 is 18.5. The SMILES string of the molecule is O=C(CSc1nnc(-c2ccc(Cl)cc2)o1)Nc1cccc(F)c1. The molecule has 0 spiro atoms. The first-order valence-corrected chi connectivity index (χ1v) is 8.24. The van der Waals surface area contributed by atoms with Gasteiger partial charge in [0.2, 0.25) is 11.8 Å². The molecule has 0 aliphatic heterocycles. The third-order valence-corrected chi connectivity index (χ3v) is 4.00. The number of anilines is 1. The van der Waals surface area contributed by atoms with E-state index in [1.165, 1.54) is 18.2 Å². The number of amides is 1. The highest BCUT2D eigenvalue weighted by Gasteiger charge is 2.11. The second-order valence-corrected chi connectivity index (χ2v) is 6.09. The summed E-state index contributed by atoms with van der Waals surface area (Å²) in [5, 5.41) is 11.3. The van der Waals surface area contributed by atoms with Crippen LogP contribution in [0.4, 0.5) is 10.1 Å². The molecule has 0 radical (unpaired) electrons. The van der Waals surface area contributed by atoms with Crippen molar-refractivity contribution in [3.05, 3.63) is 59.4 Å². The van der Waals surface area contributed by atoms with Gasteiger partial charge in [0, 0.05) is 16.3 Å². The van der Waals surface area contributed by atoms with Gasteiger partial charge in [-0.05, 0) is 42.5 Å². The largest absolute Gasteiger partial charge is 0.411 e. The van der Waals surface area contributed by atoms with E-state index in [9.17, 15) is 9.18 Å². The lowest BCUT2D eigenvalue weighted by molar-refractivity contribution is -0.113. The third-order valence-electron chi connectivity index (χ3n) is 2.93. The number of halogens is 2. The van der Waals surface area contributed by atoms with Crippen molar-refractivity contribution in [1.82, 2.24) is 10.2 Å². The zero-order chi connectivity index (χ0) is 16.9. The van der Waals surface area contributed by atoms with Crippen LogP contribution in [-0.2, 0) is 4.79 Å². The molecule has 0 aliphatic rings. The maximum Gasteiger partial charge on any atom is 0.277 e. The average Bonchev–Trinajstić information content (AvgIpc) is 3.03. The zero-order valence-corrected chi connectivity index (χ0v) is 13.8. The Morgan fingerprint density at radius 2 is 2.00 bits per heavy atom. The molecule has 122 valence electrons. The number of hydrogen-bond acceptors (Lipinski definition) is 5. The monoisotopic (exact) mass is 363 g/mol. The third kappa shape index (κ3) is 4.33. The molecule has 3 rings (SSSR count). The van der Waals surface area contributed by atoms with Gasteiger partial charge in [-0.1, -0.05) is 29.4 Å². The predicted octanol–water partition coefficient (Wildman–Crippen LogP) is 4.26. The number of thioether (sulfide) groups is 1. The molecule has 3 aromatic rings. The Bertz CT molecular complexity index is 855. The zero-order valence-electron chi connectivity index (χ0n) is 12.2. The van der Waals surface area contributed by atoms with Crippen LogP contribution in [0.25, 0.3) is 11.5 Å². The minimum absolute atomic E-state index is 0.0682. The number of aromatic nitrogens is 2. The highest BCUT2D eigenvalue weighted by atomic mass is 35.5. The standard InChI is InChI=1S/C16H11ClFN3O2S/c17-11-6-4-10(5-7-11)15-20-21-16(23-15)24-9-14(22)19-13-3-1-2-12(18)8-13/h1-8H,9H2,(H,19,22). The fraction of sp³-hybridized carbons (Fsp3) is 0.0625. The van der Waals surface area contributed by atoms with Crippen LogP contribution < -0.4 is 5.32 Å². The van der Waals surface area contributed by atoms with E-state index in [4.69, 9.17) is 16.0 Å². The molecule has 0 saturated heterocycles. The van der Waals surface area contributed by atoms with Crippen molar-refractivity contribution in [2.24, 2.45) is 0 Å². The molecule has 1 heterocycles. The van der Waals surface area contributed by atoms with Crippen molar-refractivity contribution in [3.63, 3.8) is 0 Å². The molecule has 0 aliphatic carbocycles. The molecule has 1 amide bonds. The number of carbonyl (C=O) groups excluding carboxylic acids is 1. The fourth-order valence-electron chi connectivity index (χ4n) is 1.87. The molecule has 0 unspecified atom stereocenters. The Morgan fingerprint density at radius 1 is 1.21 bits per heavy atom. The van der Waals surface area contributed by atoms with Gasteiger partial charge in [0.1, 0.15) is 5.82 Å². The molecule has 1 N–H and O–H groups in total. The van der Waals surface area contributed by atoms with Crippen molar-refractivity contribution in [3.8, 4) is 11.5 Å². The van der Waals surface area contributed by atoms with Crippen molar-refractivity contribution in [2.45, 2.75) is 5.22 Å². The van der Waals surface area contributed by atoms with Gasteiger partial charge in [-0.25, -0.2) is 4.39 Å². The second-order valence-electron chi connectivity index (χ2n) is 4.73. The summed E-state index contributed by atoms with van der Waals surface area (Å²) in [6.07, 6.45) is 0. The predicted molar refractivity (Wildman–Crippen MR) is 90.5 cm³/mol. The van der Waals surface area contributed by atoms with Crippen LogP contribution in [0.2, 0.25) is 5.02 Å². The van der Waals surface area contributed by atoms with E-state index in [1.807, 2.05) is 0 Å². The maximum atomic E-state index is 13.1. The normalized spacial score (nSPS) is 10.6. The van der Waals surface area contributed by atoms with Gasteiger partial charge in [0.25, 0.3) is 5.22 Å². The van der Waals surface area contributed by atoms with E-state index >= 15 is 0 Å². The molecule has 24 heavy (non-hydrogen) atoms. The average molecular weight is 364 g/mol. The van der Waals surface area contributed by atoms with Crippen molar-refractivity contribution in [2.75, 3.05) is 11.1 Å². The Balaban J connectivity index is 1.57. The smallest absolute Gasteiger partial charge is 0.277 e.